The summed E-state index contributed by atoms with van der Waals surface area (Å²) in [6.07, 6.45) is 1.95. The largest absolute Gasteiger partial charge is 0.380 e. The third-order valence-electron chi connectivity index (χ3n) is 2.96. The molecule has 1 atom stereocenters. The van der Waals surface area contributed by atoms with Gasteiger partial charge in [-0.3, -0.25) is 4.79 Å². The maximum absolute atomic E-state index is 12.1. The van der Waals surface area contributed by atoms with Crippen LogP contribution in [0.1, 0.15) is 18.4 Å². The average molecular weight is 298 g/mol. The molecule has 1 heterocycles. The second kappa shape index (κ2) is 5.65. The van der Waals surface area contributed by atoms with Crippen LogP contribution in [0.25, 0.3) is 0 Å². The first kappa shape index (κ1) is 12.6. The highest BCUT2D eigenvalue weighted by Crippen LogP contribution is 2.27. The Bertz CT molecular complexity index is 408. The maximum Gasteiger partial charge on any atom is 0.240 e. The van der Waals surface area contributed by atoms with Crippen LogP contribution in [0.4, 0.5) is 5.69 Å². The Morgan fingerprint density at radius 3 is 3.00 bits per heavy atom. The number of ether oxygens (including phenoxy) is 1. The van der Waals surface area contributed by atoms with E-state index < -0.39 is 0 Å². The lowest BCUT2D eigenvalue weighted by Gasteiger charge is -2.31. The zero-order chi connectivity index (χ0) is 12.3. The van der Waals surface area contributed by atoms with E-state index in [0.29, 0.717) is 6.61 Å². The van der Waals surface area contributed by atoms with Crippen LogP contribution < -0.4 is 4.90 Å². The minimum absolute atomic E-state index is 0.0492. The molecule has 1 aromatic carbocycles. The van der Waals surface area contributed by atoms with Gasteiger partial charge in [-0.1, -0.05) is 34.1 Å². The Morgan fingerprint density at radius 2 is 2.24 bits per heavy atom. The van der Waals surface area contributed by atoms with Crippen molar-refractivity contribution in [2.24, 2.45) is 0 Å². The predicted octanol–water partition coefficient (Wildman–Crippen LogP) is 2.72. The highest BCUT2D eigenvalue weighted by atomic mass is 79.9. The van der Waals surface area contributed by atoms with Gasteiger partial charge in [-0.05, 0) is 18.9 Å². The third-order valence-corrected chi connectivity index (χ3v) is 3.81. The van der Waals surface area contributed by atoms with E-state index in [4.69, 9.17) is 4.74 Å². The lowest BCUT2D eigenvalue weighted by atomic mass is 10.1. The molecule has 0 radical (unpaired) electrons. The van der Waals surface area contributed by atoms with Gasteiger partial charge in [0.1, 0.15) is 0 Å². The minimum Gasteiger partial charge on any atom is -0.380 e. The summed E-state index contributed by atoms with van der Waals surface area (Å²) in [6.45, 7) is 1.33. The monoisotopic (exact) mass is 297 g/mol. The fourth-order valence-electron chi connectivity index (χ4n) is 2.12. The van der Waals surface area contributed by atoms with Crippen LogP contribution in [0.5, 0.6) is 0 Å². The van der Waals surface area contributed by atoms with E-state index in [-0.39, 0.29) is 10.7 Å². The number of rotatable bonds is 3. The van der Waals surface area contributed by atoms with Gasteiger partial charge in [0.2, 0.25) is 5.91 Å². The first-order valence-electron chi connectivity index (χ1n) is 5.76. The molecule has 1 aliphatic heterocycles. The number of halogens is 1. The molecule has 1 aliphatic rings. The maximum atomic E-state index is 12.1. The number of piperidine rings is 1. The van der Waals surface area contributed by atoms with E-state index in [1.165, 1.54) is 0 Å². The highest BCUT2D eigenvalue weighted by molar-refractivity contribution is 9.10. The van der Waals surface area contributed by atoms with Gasteiger partial charge in [-0.2, -0.15) is 0 Å². The number of anilines is 1. The molecule has 3 nitrogen and oxygen atoms in total. The van der Waals surface area contributed by atoms with Crippen LogP contribution in [0.3, 0.4) is 0 Å². The number of carbonyl (C=O) groups is 1. The number of alkyl halides is 1. The molecule has 0 aliphatic carbocycles. The normalized spacial score (nSPS) is 20.7. The van der Waals surface area contributed by atoms with Crippen LogP contribution in [-0.2, 0) is 16.1 Å². The second-order valence-electron chi connectivity index (χ2n) is 4.16. The molecule has 0 bridgehead atoms. The molecule has 1 aromatic rings. The zero-order valence-electron chi connectivity index (χ0n) is 9.86. The molecule has 4 heteroatoms. The summed E-state index contributed by atoms with van der Waals surface area (Å²) in [6, 6.07) is 7.92. The highest BCUT2D eigenvalue weighted by Gasteiger charge is 2.28. The number of amides is 1. The summed E-state index contributed by atoms with van der Waals surface area (Å²) in [5.74, 6) is 0.153. The number of hydrogen-bond donors (Lipinski definition) is 0. The van der Waals surface area contributed by atoms with Crippen LogP contribution in [0.15, 0.2) is 24.3 Å². The molecule has 1 amide bonds. The Labute approximate surface area is 110 Å². The molecule has 2 rings (SSSR count). The van der Waals surface area contributed by atoms with Crippen molar-refractivity contribution in [1.82, 2.24) is 0 Å². The number of nitrogens with zero attached hydrogens (tertiary/aromatic N) is 1. The van der Waals surface area contributed by atoms with Crippen molar-refractivity contribution in [1.29, 1.82) is 0 Å². The van der Waals surface area contributed by atoms with Crippen LogP contribution >= 0.6 is 15.9 Å². The first-order chi connectivity index (χ1) is 8.24. The SMILES string of the molecule is COCc1ccccc1N1CCCC(Br)C1=O. The van der Waals surface area contributed by atoms with Gasteiger partial charge < -0.3 is 9.64 Å². The topological polar surface area (TPSA) is 29.5 Å². The van der Waals surface area contributed by atoms with E-state index in [9.17, 15) is 4.79 Å². The van der Waals surface area contributed by atoms with E-state index in [2.05, 4.69) is 15.9 Å². The number of para-hydroxylation sites is 1. The lowest BCUT2D eigenvalue weighted by Crippen LogP contribution is -2.42. The minimum atomic E-state index is -0.0492. The van der Waals surface area contributed by atoms with Gasteiger partial charge in [0.25, 0.3) is 0 Å². The summed E-state index contributed by atoms with van der Waals surface area (Å²) < 4.78 is 5.17. The number of methoxy groups -OCH3 is 1. The van der Waals surface area contributed by atoms with Gasteiger partial charge in [0, 0.05) is 24.9 Å². The van der Waals surface area contributed by atoms with Gasteiger partial charge in [0.05, 0.1) is 11.4 Å². The van der Waals surface area contributed by atoms with Crippen molar-refractivity contribution in [2.75, 3.05) is 18.6 Å². The van der Waals surface area contributed by atoms with Crippen molar-refractivity contribution in [2.45, 2.75) is 24.3 Å². The number of carbonyl (C=O) groups excluding carboxylic acids is 1. The predicted molar refractivity (Wildman–Crippen MR) is 71.5 cm³/mol. The molecule has 0 saturated carbocycles. The van der Waals surface area contributed by atoms with E-state index >= 15 is 0 Å². The summed E-state index contributed by atoms with van der Waals surface area (Å²) in [7, 11) is 1.67. The summed E-state index contributed by atoms with van der Waals surface area (Å²) in [5, 5.41) is 0. The summed E-state index contributed by atoms with van der Waals surface area (Å²) >= 11 is 3.43. The van der Waals surface area contributed by atoms with Crippen molar-refractivity contribution in [3.05, 3.63) is 29.8 Å². The van der Waals surface area contributed by atoms with Crippen LogP contribution in [0, 0.1) is 0 Å². The smallest absolute Gasteiger partial charge is 0.240 e. The van der Waals surface area contributed by atoms with Crippen molar-refractivity contribution < 1.29 is 9.53 Å². The molecule has 1 fully saturated rings. The van der Waals surface area contributed by atoms with Crippen LogP contribution in [0.2, 0.25) is 0 Å². The van der Waals surface area contributed by atoms with Gasteiger partial charge in [-0.25, -0.2) is 0 Å². The summed E-state index contributed by atoms with van der Waals surface area (Å²) in [5.41, 5.74) is 2.04. The standard InChI is InChI=1S/C13H16BrNO2/c1-17-9-10-5-2-3-7-12(10)15-8-4-6-11(14)13(15)16/h2-3,5,7,11H,4,6,8-9H2,1H3. The molecular weight excluding hydrogens is 282 g/mol. The molecule has 17 heavy (non-hydrogen) atoms. The van der Waals surface area contributed by atoms with Crippen molar-refractivity contribution in [3.63, 3.8) is 0 Å². The molecule has 0 aromatic heterocycles. The van der Waals surface area contributed by atoms with Crippen LogP contribution in [-0.4, -0.2) is 24.4 Å². The molecule has 1 unspecified atom stereocenters. The zero-order valence-corrected chi connectivity index (χ0v) is 11.4. The number of benzene rings is 1. The molecule has 1 saturated heterocycles. The van der Waals surface area contributed by atoms with Gasteiger partial charge in [-0.15, -0.1) is 0 Å². The fourth-order valence-corrected chi connectivity index (χ4v) is 2.69. The van der Waals surface area contributed by atoms with E-state index in [1.807, 2.05) is 29.2 Å². The fraction of sp³-hybridized carbons (Fsp3) is 0.462. The van der Waals surface area contributed by atoms with E-state index in [1.54, 1.807) is 7.11 Å². The summed E-state index contributed by atoms with van der Waals surface area (Å²) in [4.78, 5) is 13.9. The quantitative estimate of drug-likeness (QED) is 0.803. The number of hydrogen-bond acceptors (Lipinski definition) is 2. The Morgan fingerprint density at radius 1 is 1.47 bits per heavy atom. The van der Waals surface area contributed by atoms with Gasteiger partial charge in [0.15, 0.2) is 0 Å². The lowest BCUT2D eigenvalue weighted by molar-refractivity contribution is -0.118. The Kier molecular flexibility index (Phi) is 4.18. The first-order valence-corrected chi connectivity index (χ1v) is 6.68. The third kappa shape index (κ3) is 2.69. The Balaban J connectivity index is 2.29. The Hall–Kier alpha value is -0.870. The molecule has 92 valence electrons. The van der Waals surface area contributed by atoms with Crippen molar-refractivity contribution in [3.8, 4) is 0 Å². The van der Waals surface area contributed by atoms with Gasteiger partial charge >= 0.3 is 0 Å². The second-order valence-corrected chi connectivity index (χ2v) is 5.27. The molecule has 0 spiro atoms. The van der Waals surface area contributed by atoms with E-state index in [0.717, 1.165) is 30.6 Å². The molecular formula is C13H16BrNO2. The average Bonchev–Trinajstić information content (AvgIpc) is 2.34. The van der Waals surface area contributed by atoms with Crippen molar-refractivity contribution >= 4 is 27.5 Å². The molecule has 0 N–H and O–H groups in total.